The minimum absolute atomic E-state index is 0.273. The Morgan fingerprint density at radius 2 is 1.81 bits per heavy atom. The standard InChI is InChI=1S/C15H15BrN2O3/c1-20-13-6-4-10(16)8-12(13)18-15(19)9-3-5-11(17)14(7-9)21-2/h3-8H,17H2,1-2H3,(H,18,19). The van der Waals surface area contributed by atoms with Crippen LogP contribution in [0.3, 0.4) is 0 Å². The van der Waals surface area contributed by atoms with Crippen molar-refractivity contribution in [2.45, 2.75) is 0 Å². The van der Waals surface area contributed by atoms with Gasteiger partial charge in [0, 0.05) is 10.0 Å². The predicted octanol–water partition coefficient (Wildman–Crippen LogP) is 3.30. The lowest BCUT2D eigenvalue weighted by Gasteiger charge is -2.11. The van der Waals surface area contributed by atoms with E-state index in [-0.39, 0.29) is 5.91 Å². The van der Waals surface area contributed by atoms with Crippen LogP contribution in [0.15, 0.2) is 40.9 Å². The molecule has 0 aliphatic heterocycles. The number of hydrogen-bond donors (Lipinski definition) is 2. The van der Waals surface area contributed by atoms with Crippen molar-refractivity contribution >= 4 is 33.2 Å². The molecule has 0 fully saturated rings. The quantitative estimate of drug-likeness (QED) is 0.829. The third-order valence-electron chi connectivity index (χ3n) is 2.91. The molecule has 0 aromatic heterocycles. The number of hydrogen-bond acceptors (Lipinski definition) is 4. The van der Waals surface area contributed by atoms with Crippen LogP contribution in [-0.2, 0) is 0 Å². The van der Waals surface area contributed by atoms with Gasteiger partial charge in [0.1, 0.15) is 11.5 Å². The second-order valence-corrected chi connectivity index (χ2v) is 5.17. The summed E-state index contributed by atoms with van der Waals surface area (Å²) in [7, 11) is 3.05. The van der Waals surface area contributed by atoms with Gasteiger partial charge in [-0.15, -0.1) is 0 Å². The Labute approximate surface area is 131 Å². The van der Waals surface area contributed by atoms with Crippen LogP contribution in [0, 0.1) is 0 Å². The molecule has 2 aromatic carbocycles. The van der Waals surface area contributed by atoms with Crippen molar-refractivity contribution in [3.8, 4) is 11.5 Å². The SMILES string of the molecule is COc1cc(C(=O)Nc2cc(Br)ccc2OC)ccc1N. The van der Waals surface area contributed by atoms with Gasteiger partial charge in [0.05, 0.1) is 25.6 Å². The molecule has 0 saturated carbocycles. The van der Waals surface area contributed by atoms with Crippen LogP contribution in [0.1, 0.15) is 10.4 Å². The minimum atomic E-state index is -0.273. The highest BCUT2D eigenvalue weighted by Crippen LogP contribution is 2.29. The molecule has 0 atom stereocenters. The molecule has 5 nitrogen and oxygen atoms in total. The summed E-state index contributed by atoms with van der Waals surface area (Å²) in [5, 5.41) is 2.80. The zero-order valence-corrected chi connectivity index (χ0v) is 13.2. The summed E-state index contributed by atoms with van der Waals surface area (Å²) in [4.78, 5) is 12.3. The lowest BCUT2D eigenvalue weighted by Crippen LogP contribution is -2.13. The van der Waals surface area contributed by atoms with Gasteiger partial charge in [-0.3, -0.25) is 4.79 Å². The molecule has 0 heterocycles. The number of carbonyl (C=O) groups is 1. The van der Waals surface area contributed by atoms with Crippen LogP contribution in [-0.4, -0.2) is 20.1 Å². The van der Waals surface area contributed by atoms with Gasteiger partial charge in [-0.25, -0.2) is 0 Å². The third kappa shape index (κ3) is 3.46. The van der Waals surface area contributed by atoms with E-state index in [9.17, 15) is 4.79 Å². The topological polar surface area (TPSA) is 73.6 Å². The molecule has 110 valence electrons. The van der Waals surface area contributed by atoms with Crippen LogP contribution in [0.5, 0.6) is 11.5 Å². The molecule has 0 spiro atoms. The fourth-order valence-electron chi connectivity index (χ4n) is 1.82. The van der Waals surface area contributed by atoms with E-state index in [0.717, 1.165) is 4.47 Å². The molecule has 21 heavy (non-hydrogen) atoms. The minimum Gasteiger partial charge on any atom is -0.495 e. The maximum Gasteiger partial charge on any atom is 0.255 e. The van der Waals surface area contributed by atoms with Gasteiger partial charge in [-0.05, 0) is 36.4 Å². The highest BCUT2D eigenvalue weighted by Gasteiger charge is 2.12. The van der Waals surface area contributed by atoms with Crippen molar-refractivity contribution < 1.29 is 14.3 Å². The smallest absolute Gasteiger partial charge is 0.255 e. The molecule has 0 bridgehead atoms. The van der Waals surface area contributed by atoms with Gasteiger partial charge >= 0.3 is 0 Å². The van der Waals surface area contributed by atoms with Gasteiger partial charge in [0.25, 0.3) is 5.91 Å². The van der Waals surface area contributed by atoms with Crippen molar-refractivity contribution in [2.24, 2.45) is 0 Å². The summed E-state index contributed by atoms with van der Waals surface area (Å²) in [5.74, 6) is 0.766. The summed E-state index contributed by atoms with van der Waals surface area (Å²) in [5.41, 5.74) is 7.24. The molecule has 2 rings (SSSR count). The molecule has 0 unspecified atom stereocenters. The molecule has 3 N–H and O–H groups in total. The van der Waals surface area contributed by atoms with Crippen LogP contribution in [0.2, 0.25) is 0 Å². The Hall–Kier alpha value is -2.21. The molecule has 2 aromatic rings. The van der Waals surface area contributed by atoms with E-state index in [1.54, 1.807) is 37.4 Å². The van der Waals surface area contributed by atoms with E-state index in [1.165, 1.54) is 7.11 Å². The van der Waals surface area contributed by atoms with Crippen LogP contribution in [0.4, 0.5) is 11.4 Å². The first kappa shape index (κ1) is 15.2. The summed E-state index contributed by atoms with van der Waals surface area (Å²) < 4.78 is 11.2. The number of methoxy groups -OCH3 is 2. The zero-order chi connectivity index (χ0) is 15.4. The van der Waals surface area contributed by atoms with Crippen LogP contribution in [0.25, 0.3) is 0 Å². The largest absolute Gasteiger partial charge is 0.495 e. The van der Waals surface area contributed by atoms with Crippen molar-refractivity contribution in [1.29, 1.82) is 0 Å². The fourth-order valence-corrected chi connectivity index (χ4v) is 2.19. The lowest BCUT2D eigenvalue weighted by molar-refractivity contribution is 0.102. The van der Waals surface area contributed by atoms with E-state index < -0.39 is 0 Å². The number of ether oxygens (including phenoxy) is 2. The Balaban J connectivity index is 2.28. The monoisotopic (exact) mass is 350 g/mol. The number of halogens is 1. The van der Waals surface area contributed by atoms with Gasteiger partial charge in [-0.1, -0.05) is 15.9 Å². The van der Waals surface area contributed by atoms with Gasteiger partial charge < -0.3 is 20.5 Å². The second-order valence-electron chi connectivity index (χ2n) is 4.26. The number of anilines is 2. The number of carbonyl (C=O) groups excluding carboxylic acids is 1. The van der Waals surface area contributed by atoms with Gasteiger partial charge in [-0.2, -0.15) is 0 Å². The third-order valence-corrected chi connectivity index (χ3v) is 3.40. The van der Waals surface area contributed by atoms with Crippen LogP contribution < -0.4 is 20.5 Å². The molecule has 0 aliphatic carbocycles. The average Bonchev–Trinajstić information content (AvgIpc) is 2.48. The van der Waals surface area contributed by atoms with Crippen molar-refractivity contribution in [3.63, 3.8) is 0 Å². The van der Waals surface area contributed by atoms with E-state index >= 15 is 0 Å². The number of amides is 1. The highest BCUT2D eigenvalue weighted by atomic mass is 79.9. The number of nitrogen functional groups attached to an aromatic ring is 1. The summed E-state index contributed by atoms with van der Waals surface area (Å²) >= 11 is 3.36. The summed E-state index contributed by atoms with van der Waals surface area (Å²) in [6.45, 7) is 0. The van der Waals surface area contributed by atoms with E-state index in [4.69, 9.17) is 15.2 Å². The zero-order valence-electron chi connectivity index (χ0n) is 11.6. The molecular weight excluding hydrogens is 336 g/mol. The van der Waals surface area contributed by atoms with Crippen molar-refractivity contribution in [1.82, 2.24) is 0 Å². The fraction of sp³-hybridized carbons (Fsp3) is 0.133. The Morgan fingerprint density at radius 3 is 2.48 bits per heavy atom. The Kier molecular flexibility index (Phi) is 4.70. The van der Waals surface area contributed by atoms with E-state index in [0.29, 0.717) is 28.4 Å². The molecule has 1 amide bonds. The van der Waals surface area contributed by atoms with Crippen molar-refractivity contribution in [3.05, 3.63) is 46.4 Å². The molecule has 0 radical (unpaired) electrons. The van der Waals surface area contributed by atoms with Crippen molar-refractivity contribution in [2.75, 3.05) is 25.3 Å². The number of rotatable bonds is 4. The normalized spacial score (nSPS) is 10.0. The predicted molar refractivity (Wildman–Crippen MR) is 86.1 cm³/mol. The second kappa shape index (κ2) is 6.49. The first-order chi connectivity index (χ1) is 10.0. The summed E-state index contributed by atoms with van der Waals surface area (Å²) in [6.07, 6.45) is 0. The van der Waals surface area contributed by atoms with Gasteiger partial charge in [0.15, 0.2) is 0 Å². The maximum atomic E-state index is 12.3. The number of nitrogens with two attached hydrogens (primary N) is 1. The van der Waals surface area contributed by atoms with Crippen LogP contribution >= 0.6 is 15.9 Å². The highest BCUT2D eigenvalue weighted by molar-refractivity contribution is 9.10. The number of nitrogens with one attached hydrogen (secondary N) is 1. The molecule has 6 heteroatoms. The van der Waals surface area contributed by atoms with E-state index in [1.807, 2.05) is 6.07 Å². The molecule has 0 aliphatic rings. The average molecular weight is 351 g/mol. The first-order valence-electron chi connectivity index (χ1n) is 6.13. The summed E-state index contributed by atoms with van der Waals surface area (Å²) in [6, 6.07) is 10.2. The first-order valence-corrected chi connectivity index (χ1v) is 6.93. The number of benzene rings is 2. The molecular formula is C15H15BrN2O3. The Morgan fingerprint density at radius 1 is 1.10 bits per heavy atom. The molecule has 0 saturated heterocycles. The lowest BCUT2D eigenvalue weighted by atomic mass is 10.1. The van der Waals surface area contributed by atoms with Gasteiger partial charge in [0.2, 0.25) is 0 Å². The Bertz CT molecular complexity index is 674. The maximum absolute atomic E-state index is 12.3. The van der Waals surface area contributed by atoms with E-state index in [2.05, 4.69) is 21.2 Å².